The van der Waals surface area contributed by atoms with Gasteiger partial charge in [-0.3, -0.25) is 0 Å². The van der Waals surface area contributed by atoms with Crippen LogP contribution in [0.15, 0.2) is 23.8 Å². The Kier molecular flexibility index (Phi) is 3.99. The first-order chi connectivity index (χ1) is 7.72. The molecule has 1 N–H and O–H groups in total. The van der Waals surface area contributed by atoms with E-state index in [1.54, 1.807) is 11.3 Å². The zero-order valence-corrected chi connectivity index (χ0v) is 12.2. The van der Waals surface area contributed by atoms with Crippen LogP contribution < -0.4 is 5.32 Å². The van der Waals surface area contributed by atoms with Crippen LogP contribution in [0, 0.1) is 2.88 Å². The highest BCUT2D eigenvalue weighted by Crippen LogP contribution is 2.26. The van der Waals surface area contributed by atoms with Gasteiger partial charge in [0.1, 0.15) is 5.82 Å². The second-order valence-electron chi connectivity index (χ2n) is 3.57. The molecule has 0 aromatic carbocycles. The van der Waals surface area contributed by atoms with Crippen LogP contribution in [-0.4, -0.2) is 16.1 Å². The molecule has 0 radical (unpaired) electrons. The Morgan fingerprint density at radius 1 is 1.62 bits per heavy atom. The predicted octanol–water partition coefficient (Wildman–Crippen LogP) is 2.79. The predicted molar refractivity (Wildman–Crippen MR) is 75.8 cm³/mol. The van der Waals surface area contributed by atoms with Crippen LogP contribution in [0.1, 0.15) is 24.4 Å². The second kappa shape index (κ2) is 5.29. The van der Waals surface area contributed by atoms with Crippen molar-refractivity contribution in [2.75, 3.05) is 6.54 Å². The number of hydrogen-bond acceptors (Lipinski definition) is 3. The summed E-state index contributed by atoms with van der Waals surface area (Å²) in [5.74, 6) is 1.07. The number of nitrogens with zero attached hydrogens (tertiary/aromatic N) is 2. The first-order valence-electron chi connectivity index (χ1n) is 5.17. The van der Waals surface area contributed by atoms with Crippen molar-refractivity contribution in [1.82, 2.24) is 14.9 Å². The van der Waals surface area contributed by atoms with Gasteiger partial charge in [0.05, 0.1) is 8.93 Å². The fraction of sp³-hybridized carbons (Fsp3) is 0.364. The number of thiophene rings is 1. The van der Waals surface area contributed by atoms with Gasteiger partial charge in [0, 0.05) is 19.4 Å². The zero-order chi connectivity index (χ0) is 11.5. The Hall–Kier alpha value is -0.400. The summed E-state index contributed by atoms with van der Waals surface area (Å²) in [6, 6.07) is 2.41. The van der Waals surface area contributed by atoms with Crippen LogP contribution in [0.4, 0.5) is 0 Å². The monoisotopic (exact) mass is 347 g/mol. The summed E-state index contributed by atoms with van der Waals surface area (Å²) in [6.07, 6.45) is 3.83. The molecule has 0 spiro atoms. The van der Waals surface area contributed by atoms with E-state index in [9.17, 15) is 0 Å². The van der Waals surface area contributed by atoms with Gasteiger partial charge < -0.3 is 9.88 Å². The zero-order valence-electron chi connectivity index (χ0n) is 9.27. The van der Waals surface area contributed by atoms with E-state index in [-0.39, 0.29) is 6.04 Å². The summed E-state index contributed by atoms with van der Waals surface area (Å²) < 4.78 is 3.38. The molecule has 5 heteroatoms. The Morgan fingerprint density at radius 3 is 2.94 bits per heavy atom. The fourth-order valence-electron chi connectivity index (χ4n) is 1.69. The number of hydrogen-bond donors (Lipinski definition) is 1. The summed E-state index contributed by atoms with van der Waals surface area (Å²) >= 11 is 4.12. The molecule has 2 aromatic rings. The maximum atomic E-state index is 4.42. The van der Waals surface area contributed by atoms with Crippen molar-refractivity contribution in [2.24, 2.45) is 7.05 Å². The molecular formula is C11H14IN3S. The number of aromatic nitrogens is 2. The van der Waals surface area contributed by atoms with Gasteiger partial charge in [-0.15, -0.1) is 11.3 Å². The molecule has 2 heterocycles. The van der Waals surface area contributed by atoms with E-state index < -0.39 is 0 Å². The Bertz CT molecular complexity index is 463. The SMILES string of the molecule is CCNC(c1csc(I)c1)c1nccn1C. The third kappa shape index (κ3) is 2.46. The van der Waals surface area contributed by atoms with Crippen LogP contribution in [0.2, 0.25) is 0 Å². The molecule has 0 aliphatic carbocycles. The largest absolute Gasteiger partial charge is 0.336 e. The van der Waals surface area contributed by atoms with E-state index in [1.165, 1.54) is 8.45 Å². The van der Waals surface area contributed by atoms with Gasteiger partial charge >= 0.3 is 0 Å². The van der Waals surface area contributed by atoms with E-state index in [2.05, 4.69) is 55.8 Å². The van der Waals surface area contributed by atoms with Crippen molar-refractivity contribution in [3.8, 4) is 0 Å². The summed E-state index contributed by atoms with van der Waals surface area (Å²) in [7, 11) is 2.03. The van der Waals surface area contributed by atoms with E-state index in [0.29, 0.717) is 0 Å². The lowest BCUT2D eigenvalue weighted by Crippen LogP contribution is -2.24. The minimum absolute atomic E-state index is 0.199. The average molecular weight is 347 g/mol. The summed E-state index contributed by atoms with van der Waals surface area (Å²) in [5, 5.41) is 5.67. The maximum absolute atomic E-state index is 4.42. The van der Waals surface area contributed by atoms with Crippen molar-refractivity contribution < 1.29 is 0 Å². The third-order valence-electron chi connectivity index (χ3n) is 2.45. The molecule has 1 unspecified atom stereocenters. The van der Waals surface area contributed by atoms with Crippen molar-refractivity contribution in [3.63, 3.8) is 0 Å². The van der Waals surface area contributed by atoms with Gasteiger partial charge in [-0.2, -0.15) is 0 Å². The van der Waals surface area contributed by atoms with Gasteiger partial charge in [0.2, 0.25) is 0 Å². The molecule has 0 saturated carbocycles. The number of aryl methyl sites for hydroxylation is 1. The molecule has 0 aliphatic rings. The lowest BCUT2D eigenvalue weighted by Gasteiger charge is -2.16. The highest BCUT2D eigenvalue weighted by molar-refractivity contribution is 14.1. The van der Waals surface area contributed by atoms with E-state index >= 15 is 0 Å². The minimum Gasteiger partial charge on any atom is -0.336 e. The molecule has 2 rings (SSSR count). The quantitative estimate of drug-likeness (QED) is 0.862. The standard InChI is InChI=1S/C11H14IN3S/c1-3-13-10(8-6-9(12)16-7-8)11-14-4-5-15(11)2/h4-7,10,13H,3H2,1-2H3. The van der Waals surface area contributed by atoms with Crippen LogP contribution in [-0.2, 0) is 7.05 Å². The summed E-state index contributed by atoms with van der Waals surface area (Å²) in [4.78, 5) is 4.42. The molecule has 0 fully saturated rings. The van der Waals surface area contributed by atoms with E-state index in [0.717, 1.165) is 12.4 Å². The van der Waals surface area contributed by atoms with Gasteiger partial charge in [0.25, 0.3) is 0 Å². The summed E-state index contributed by atoms with van der Waals surface area (Å²) in [6.45, 7) is 3.05. The number of imidazole rings is 1. The highest BCUT2D eigenvalue weighted by Gasteiger charge is 2.18. The number of halogens is 1. The second-order valence-corrected chi connectivity index (χ2v) is 6.38. The van der Waals surface area contributed by atoms with Crippen molar-refractivity contribution >= 4 is 33.9 Å². The maximum Gasteiger partial charge on any atom is 0.130 e. The van der Waals surface area contributed by atoms with Gasteiger partial charge in [-0.1, -0.05) is 6.92 Å². The van der Waals surface area contributed by atoms with Crippen molar-refractivity contribution in [3.05, 3.63) is 38.1 Å². The molecule has 3 nitrogen and oxygen atoms in total. The van der Waals surface area contributed by atoms with E-state index in [4.69, 9.17) is 0 Å². The smallest absolute Gasteiger partial charge is 0.130 e. The minimum atomic E-state index is 0.199. The molecule has 1 atom stereocenters. The Morgan fingerprint density at radius 2 is 2.44 bits per heavy atom. The fourth-order valence-corrected chi connectivity index (χ4v) is 3.09. The molecule has 0 aliphatic heterocycles. The van der Waals surface area contributed by atoms with Crippen LogP contribution >= 0.6 is 33.9 Å². The first-order valence-corrected chi connectivity index (χ1v) is 7.12. The third-order valence-corrected chi connectivity index (χ3v) is 4.25. The average Bonchev–Trinajstić information content (AvgIpc) is 2.84. The molecule has 86 valence electrons. The first kappa shape index (κ1) is 12.1. The van der Waals surface area contributed by atoms with Crippen LogP contribution in [0.5, 0.6) is 0 Å². The normalized spacial score (nSPS) is 12.9. The molecule has 0 bridgehead atoms. The van der Waals surface area contributed by atoms with Crippen molar-refractivity contribution in [1.29, 1.82) is 0 Å². The molecule has 0 amide bonds. The lowest BCUT2D eigenvalue weighted by molar-refractivity contribution is 0.578. The number of nitrogens with one attached hydrogen (secondary N) is 1. The topological polar surface area (TPSA) is 29.9 Å². The Balaban J connectivity index is 2.34. The lowest BCUT2D eigenvalue weighted by atomic mass is 10.1. The van der Waals surface area contributed by atoms with Gasteiger partial charge in [-0.05, 0) is 46.1 Å². The highest BCUT2D eigenvalue weighted by atomic mass is 127. The molecule has 0 saturated heterocycles. The van der Waals surface area contributed by atoms with E-state index in [1.807, 2.05) is 19.4 Å². The van der Waals surface area contributed by atoms with Gasteiger partial charge in [-0.25, -0.2) is 4.98 Å². The van der Waals surface area contributed by atoms with Crippen molar-refractivity contribution in [2.45, 2.75) is 13.0 Å². The molecule has 2 aromatic heterocycles. The van der Waals surface area contributed by atoms with Crippen LogP contribution in [0.3, 0.4) is 0 Å². The van der Waals surface area contributed by atoms with Gasteiger partial charge in [0.15, 0.2) is 0 Å². The van der Waals surface area contributed by atoms with Crippen LogP contribution in [0.25, 0.3) is 0 Å². The Labute approximate surface area is 113 Å². The summed E-state index contributed by atoms with van der Waals surface area (Å²) in [5.41, 5.74) is 1.30. The molecule has 16 heavy (non-hydrogen) atoms. The number of rotatable bonds is 4. The molecular weight excluding hydrogens is 333 g/mol.